The molecule has 0 spiro atoms. The molecule has 23 heavy (non-hydrogen) atoms. The predicted molar refractivity (Wildman–Crippen MR) is 91.0 cm³/mol. The summed E-state index contributed by atoms with van der Waals surface area (Å²) in [5.74, 6) is 1.44. The lowest BCUT2D eigenvalue weighted by Crippen LogP contribution is -2.23. The lowest BCUT2D eigenvalue weighted by Gasteiger charge is -2.04. The number of ether oxygens (including phenoxy) is 1. The summed E-state index contributed by atoms with van der Waals surface area (Å²) < 4.78 is 11.1. The topological polar surface area (TPSA) is 51.5 Å². The summed E-state index contributed by atoms with van der Waals surface area (Å²) in [5.41, 5.74) is 0. The van der Waals surface area contributed by atoms with E-state index in [1.54, 1.807) is 36.4 Å². The van der Waals surface area contributed by atoms with Crippen LogP contribution in [0.15, 0.2) is 40.8 Å². The maximum atomic E-state index is 11.9. The van der Waals surface area contributed by atoms with Gasteiger partial charge in [-0.2, -0.15) is 0 Å². The van der Waals surface area contributed by atoms with Crippen LogP contribution in [0.1, 0.15) is 48.9 Å². The maximum absolute atomic E-state index is 11.9. The number of furan rings is 1. The van der Waals surface area contributed by atoms with E-state index in [1.807, 2.05) is 0 Å². The van der Waals surface area contributed by atoms with Crippen molar-refractivity contribution in [3.8, 4) is 5.75 Å². The highest BCUT2D eigenvalue weighted by molar-refractivity contribution is 6.30. The molecule has 124 valence electrons. The number of hydrogen-bond donors (Lipinski definition) is 1. The summed E-state index contributed by atoms with van der Waals surface area (Å²) in [5, 5.41) is 3.52. The van der Waals surface area contributed by atoms with Crippen molar-refractivity contribution in [1.82, 2.24) is 5.32 Å². The first-order valence-electron chi connectivity index (χ1n) is 7.94. The summed E-state index contributed by atoms with van der Waals surface area (Å²) in [6.07, 6.45) is 4.51. The molecule has 0 aliphatic heterocycles. The van der Waals surface area contributed by atoms with Gasteiger partial charge in [0, 0.05) is 11.6 Å². The van der Waals surface area contributed by atoms with Crippen LogP contribution < -0.4 is 10.1 Å². The van der Waals surface area contributed by atoms with Crippen molar-refractivity contribution >= 4 is 17.5 Å². The standard InChI is InChI=1S/C18H22ClNO3/c1-2-3-4-5-12-20-18(21)17-11-10-16(23-17)13-22-15-8-6-14(19)7-9-15/h6-11H,2-5,12-13H2,1H3,(H,20,21). The molecular formula is C18H22ClNO3. The van der Waals surface area contributed by atoms with E-state index in [0.717, 1.165) is 12.8 Å². The van der Waals surface area contributed by atoms with E-state index in [1.165, 1.54) is 12.8 Å². The zero-order valence-electron chi connectivity index (χ0n) is 13.3. The molecule has 0 aliphatic carbocycles. The average molecular weight is 336 g/mol. The first kappa shape index (κ1) is 17.4. The normalized spacial score (nSPS) is 10.5. The highest BCUT2D eigenvalue weighted by Crippen LogP contribution is 2.17. The fraction of sp³-hybridized carbons (Fsp3) is 0.389. The third kappa shape index (κ3) is 5.99. The van der Waals surface area contributed by atoms with Gasteiger partial charge in [0.05, 0.1) is 0 Å². The van der Waals surface area contributed by atoms with E-state index >= 15 is 0 Å². The SMILES string of the molecule is CCCCCCNC(=O)c1ccc(COc2ccc(Cl)cc2)o1. The lowest BCUT2D eigenvalue weighted by molar-refractivity contribution is 0.0921. The highest BCUT2D eigenvalue weighted by atomic mass is 35.5. The molecule has 0 aliphatic rings. The van der Waals surface area contributed by atoms with Crippen LogP contribution in [0.25, 0.3) is 0 Å². The molecule has 1 N–H and O–H groups in total. The van der Waals surface area contributed by atoms with Crippen molar-refractivity contribution in [2.75, 3.05) is 6.54 Å². The Kier molecular flexibility index (Phi) is 7.01. The second kappa shape index (κ2) is 9.26. The van der Waals surface area contributed by atoms with Crippen LogP contribution >= 0.6 is 11.6 Å². The molecule has 1 aromatic heterocycles. The first-order valence-corrected chi connectivity index (χ1v) is 8.32. The van der Waals surface area contributed by atoms with Gasteiger partial charge in [-0.05, 0) is 42.8 Å². The van der Waals surface area contributed by atoms with Crippen molar-refractivity contribution in [2.45, 2.75) is 39.2 Å². The Bertz CT molecular complexity index is 607. The van der Waals surface area contributed by atoms with Gasteiger partial charge in [-0.15, -0.1) is 0 Å². The number of rotatable bonds is 9. The predicted octanol–water partition coefficient (Wildman–Crippen LogP) is 4.82. The summed E-state index contributed by atoms with van der Waals surface area (Å²) in [6, 6.07) is 10.5. The molecule has 1 aromatic carbocycles. The number of carbonyl (C=O) groups is 1. The Balaban J connectivity index is 1.76. The smallest absolute Gasteiger partial charge is 0.286 e. The van der Waals surface area contributed by atoms with Gasteiger partial charge in [-0.1, -0.05) is 37.8 Å². The van der Waals surface area contributed by atoms with Crippen LogP contribution in [-0.2, 0) is 6.61 Å². The Labute approximate surface area is 141 Å². The molecule has 0 saturated carbocycles. The molecule has 2 rings (SSSR count). The average Bonchev–Trinajstić information content (AvgIpc) is 3.03. The van der Waals surface area contributed by atoms with E-state index in [-0.39, 0.29) is 12.5 Å². The number of carbonyl (C=O) groups excluding carboxylic acids is 1. The quantitative estimate of drug-likeness (QED) is 0.668. The van der Waals surface area contributed by atoms with Crippen molar-refractivity contribution in [1.29, 1.82) is 0 Å². The second-order valence-electron chi connectivity index (χ2n) is 5.33. The number of nitrogens with one attached hydrogen (secondary N) is 1. The van der Waals surface area contributed by atoms with Crippen molar-refractivity contribution < 1.29 is 13.9 Å². The lowest BCUT2D eigenvalue weighted by atomic mass is 10.2. The highest BCUT2D eigenvalue weighted by Gasteiger charge is 2.10. The van der Waals surface area contributed by atoms with Gasteiger partial charge in [0.15, 0.2) is 5.76 Å². The minimum absolute atomic E-state index is 0.181. The molecule has 1 amide bonds. The molecule has 0 fully saturated rings. The van der Waals surface area contributed by atoms with Crippen molar-refractivity contribution in [3.63, 3.8) is 0 Å². The van der Waals surface area contributed by atoms with Crippen LogP contribution in [0.3, 0.4) is 0 Å². The van der Waals surface area contributed by atoms with E-state index in [4.69, 9.17) is 20.8 Å². The fourth-order valence-corrected chi connectivity index (χ4v) is 2.23. The third-order valence-corrected chi connectivity index (χ3v) is 3.65. The Morgan fingerprint density at radius 1 is 1.13 bits per heavy atom. The van der Waals surface area contributed by atoms with Gasteiger partial charge in [-0.25, -0.2) is 0 Å². The number of halogens is 1. The van der Waals surface area contributed by atoms with E-state index in [0.29, 0.717) is 28.8 Å². The van der Waals surface area contributed by atoms with Crippen LogP contribution in [0.5, 0.6) is 5.75 Å². The van der Waals surface area contributed by atoms with Gasteiger partial charge in [-0.3, -0.25) is 4.79 Å². The number of benzene rings is 1. The molecular weight excluding hydrogens is 314 g/mol. The van der Waals surface area contributed by atoms with Crippen LogP contribution in [0.4, 0.5) is 0 Å². The summed E-state index contributed by atoms with van der Waals surface area (Å²) in [7, 11) is 0. The van der Waals surface area contributed by atoms with Crippen LogP contribution in [0, 0.1) is 0 Å². The van der Waals surface area contributed by atoms with E-state index in [9.17, 15) is 4.79 Å². The first-order chi connectivity index (χ1) is 11.2. The molecule has 0 bridgehead atoms. The Morgan fingerprint density at radius 3 is 2.65 bits per heavy atom. The molecule has 0 radical (unpaired) electrons. The van der Waals surface area contributed by atoms with Crippen molar-refractivity contribution in [2.24, 2.45) is 0 Å². The minimum atomic E-state index is -0.181. The maximum Gasteiger partial charge on any atom is 0.286 e. The summed E-state index contributed by atoms with van der Waals surface area (Å²) in [6.45, 7) is 3.11. The van der Waals surface area contributed by atoms with Crippen LogP contribution in [0.2, 0.25) is 5.02 Å². The van der Waals surface area contributed by atoms with Gasteiger partial charge in [0.2, 0.25) is 0 Å². The summed E-state index contributed by atoms with van der Waals surface area (Å²) in [4.78, 5) is 11.9. The van der Waals surface area contributed by atoms with Gasteiger partial charge in [0.1, 0.15) is 18.1 Å². The second-order valence-corrected chi connectivity index (χ2v) is 5.76. The molecule has 0 unspecified atom stereocenters. The largest absolute Gasteiger partial charge is 0.486 e. The molecule has 4 nitrogen and oxygen atoms in total. The Morgan fingerprint density at radius 2 is 1.91 bits per heavy atom. The van der Waals surface area contributed by atoms with Gasteiger partial charge in [0.25, 0.3) is 5.91 Å². The molecule has 0 saturated heterocycles. The van der Waals surface area contributed by atoms with Crippen molar-refractivity contribution in [3.05, 3.63) is 52.9 Å². The fourth-order valence-electron chi connectivity index (χ4n) is 2.10. The number of amides is 1. The minimum Gasteiger partial charge on any atom is -0.486 e. The zero-order chi connectivity index (χ0) is 16.5. The molecule has 0 atom stereocenters. The number of unbranched alkanes of at least 4 members (excludes halogenated alkanes) is 3. The number of hydrogen-bond acceptors (Lipinski definition) is 3. The monoisotopic (exact) mass is 335 g/mol. The van der Waals surface area contributed by atoms with Gasteiger partial charge >= 0.3 is 0 Å². The third-order valence-electron chi connectivity index (χ3n) is 3.40. The molecule has 2 aromatic rings. The molecule has 1 heterocycles. The molecule has 5 heteroatoms. The Hall–Kier alpha value is -1.94. The van der Waals surface area contributed by atoms with E-state index < -0.39 is 0 Å². The van der Waals surface area contributed by atoms with Crippen LogP contribution in [-0.4, -0.2) is 12.5 Å². The zero-order valence-corrected chi connectivity index (χ0v) is 14.1. The summed E-state index contributed by atoms with van der Waals surface area (Å²) >= 11 is 5.82. The van der Waals surface area contributed by atoms with E-state index in [2.05, 4.69) is 12.2 Å². The van der Waals surface area contributed by atoms with Gasteiger partial charge < -0.3 is 14.5 Å².